The molecule has 2 rings (SSSR count). The molecule has 0 saturated carbocycles. The number of hydrogen-bond donors (Lipinski definition) is 2. The Hall–Kier alpha value is -1.38. The number of unbranched alkanes of at least 4 members (excludes halogenated alkanes) is 1. The molecule has 0 aromatic rings. The van der Waals surface area contributed by atoms with Crippen molar-refractivity contribution in [2.45, 2.75) is 51.6 Å². The number of carbonyl (C=O) groups is 2. The summed E-state index contributed by atoms with van der Waals surface area (Å²) < 4.78 is 0. The van der Waals surface area contributed by atoms with Crippen LogP contribution in [0.3, 0.4) is 0 Å². The van der Waals surface area contributed by atoms with Gasteiger partial charge in [0.15, 0.2) is 0 Å². The summed E-state index contributed by atoms with van der Waals surface area (Å²) in [5, 5.41) is 4.56. The molecule has 0 aliphatic carbocycles. The standard InChI is InChI=1S/C15H28N4O4/c1-3-5-10-23-19-9-7-13(18(4-2)15(19)21)14(20)17-22-11-12-6-8-16-12/h12-13,16H,3-11H2,1-2H3,(H,17,20)/t12-,13-/m0/s1. The topological polar surface area (TPSA) is 83.1 Å². The van der Waals surface area contributed by atoms with E-state index in [1.807, 2.05) is 6.92 Å². The van der Waals surface area contributed by atoms with E-state index in [1.54, 1.807) is 0 Å². The first kappa shape index (κ1) is 18.0. The van der Waals surface area contributed by atoms with Gasteiger partial charge >= 0.3 is 6.03 Å². The normalized spacial score (nSPS) is 24.5. The van der Waals surface area contributed by atoms with Crippen LogP contribution in [0.15, 0.2) is 0 Å². The van der Waals surface area contributed by atoms with E-state index in [4.69, 9.17) is 9.68 Å². The first-order valence-corrected chi connectivity index (χ1v) is 8.53. The summed E-state index contributed by atoms with van der Waals surface area (Å²) in [6, 6.07) is -0.448. The van der Waals surface area contributed by atoms with Gasteiger partial charge in [-0.25, -0.2) is 15.3 Å². The molecule has 0 aromatic carbocycles. The van der Waals surface area contributed by atoms with Gasteiger partial charge in [0, 0.05) is 12.6 Å². The lowest BCUT2D eigenvalue weighted by Crippen LogP contribution is -2.59. The van der Waals surface area contributed by atoms with Crippen LogP contribution < -0.4 is 10.8 Å². The molecule has 2 aliphatic rings. The number of urea groups is 1. The van der Waals surface area contributed by atoms with Crippen LogP contribution in [0.4, 0.5) is 4.79 Å². The minimum absolute atomic E-state index is 0.254. The Morgan fingerprint density at radius 2 is 2.17 bits per heavy atom. The van der Waals surface area contributed by atoms with Crippen LogP contribution in [-0.2, 0) is 14.5 Å². The zero-order valence-electron chi connectivity index (χ0n) is 14.0. The van der Waals surface area contributed by atoms with Crippen LogP contribution in [0.1, 0.15) is 39.5 Å². The smallest absolute Gasteiger partial charge is 0.311 e. The highest BCUT2D eigenvalue weighted by Gasteiger charge is 2.37. The number of rotatable bonds is 9. The van der Waals surface area contributed by atoms with Crippen LogP contribution >= 0.6 is 0 Å². The van der Waals surface area contributed by atoms with Gasteiger partial charge in [0.05, 0.1) is 19.8 Å². The molecule has 0 radical (unpaired) electrons. The number of nitrogens with one attached hydrogen (secondary N) is 2. The highest BCUT2D eigenvalue weighted by molar-refractivity contribution is 5.87. The molecule has 0 bridgehead atoms. The number of likely N-dealkylation sites (N-methyl/N-ethyl adjacent to an activating group) is 1. The van der Waals surface area contributed by atoms with Gasteiger partial charge in [-0.05, 0) is 32.7 Å². The molecular weight excluding hydrogens is 300 g/mol. The number of hydrogen-bond acceptors (Lipinski definition) is 5. The average Bonchev–Trinajstić information content (AvgIpc) is 2.51. The fourth-order valence-corrected chi connectivity index (χ4v) is 2.61. The van der Waals surface area contributed by atoms with Crippen molar-refractivity contribution >= 4 is 11.9 Å². The molecule has 8 heteroatoms. The Labute approximate surface area is 137 Å². The summed E-state index contributed by atoms with van der Waals surface area (Å²) in [5.74, 6) is -0.271. The number of nitrogens with zero attached hydrogens (tertiary/aromatic N) is 2. The Balaban J connectivity index is 1.79. The highest BCUT2D eigenvalue weighted by atomic mass is 16.7. The quantitative estimate of drug-likeness (QED) is 0.479. The van der Waals surface area contributed by atoms with Gasteiger partial charge in [-0.2, -0.15) is 0 Å². The SMILES string of the molecule is CCCCON1CC[C@@H](C(=O)NOC[C@@H]2CCN2)N(CC)C1=O. The molecule has 8 nitrogen and oxygen atoms in total. The fourth-order valence-electron chi connectivity index (χ4n) is 2.61. The molecule has 0 unspecified atom stereocenters. The Morgan fingerprint density at radius 1 is 1.39 bits per heavy atom. The fraction of sp³-hybridized carbons (Fsp3) is 0.867. The summed E-state index contributed by atoms with van der Waals surface area (Å²) in [6.07, 6.45) is 3.51. The van der Waals surface area contributed by atoms with Gasteiger partial charge in [0.1, 0.15) is 6.04 Å². The number of amides is 3. The number of carbonyl (C=O) groups excluding carboxylic acids is 2. The lowest BCUT2D eigenvalue weighted by Gasteiger charge is -2.39. The van der Waals surface area contributed by atoms with E-state index >= 15 is 0 Å². The summed E-state index contributed by atoms with van der Waals surface area (Å²) in [5.41, 5.74) is 2.47. The summed E-state index contributed by atoms with van der Waals surface area (Å²) in [4.78, 5) is 36.9. The lowest BCUT2D eigenvalue weighted by molar-refractivity contribution is -0.157. The van der Waals surface area contributed by atoms with Crippen LogP contribution in [-0.4, -0.2) is 66.8 Å². The van der Waals surface area contributed by atoms with Gasteiger partial charge in [0.2, 0.25) is 0 Å². The third-order valence-corrected chi connectivity index (χ3v) is 4.21. The Bertz CT molecular complexity index is 403. The van der Waals surface area contributed by atoms with Crippen molar-refractivity contribution in [3.8, 4) is 0 Å². The molecular formula is C15H28N4O4. The van der Waals surface area contributed by atoms with Crippen molar-refractivity contribution in [1.82, 2.24) is 20.8 Å². The molecule has 0 aromatic heterocycles. The largest absolute Gasteiger partial charge is 0.344 e. The minimum atomic E-state index is -0.507. The van der Waals surface area contributed by atoms with Crippen molar-refractivity contribution < 1.29 is 19.3 Å². The first-order valence-electron chi connectivity index (χ1n) is 8.53. The zero-order chi connectivity index (χ0) is 16.7. The maximum Gasteiger partial charge on any atom is 0.344 e. The summed E-state index contributed by atoms with van der Waals surface area (Å²) in [6.45, 7) is 6.76. The third-order valence-electron chi connectivity index (χ3n) is 4.21. The zero-order valence-corrected chi connectivity index (χ0v) is 14.0. The van der Waals surface area contributed by atoms with Gasteiger partial charge in [-0.1, -0.05) is 13.3 Å². The minimum Gasteiger partial charge on any atom is -0.311 e. The molecule has 0 spiro atoms. The Morgan fingerprint density at radius 3 is 2.78 bits per heavy atom. The Kier molecular flexibility index (Phi) is 7.07. The molecule has 3 amide bonds. The molecule has 23 heavy (non-hydrogen) atoms. The molecule has 2 saturated heterocycles. The molecule has 2 aliphatic heterocycles. The summed E-state index contributed by atoms with van der Waals surface area (Å²) >= 11 is 0. The molecule has 2 atom stereocenters. The van der Waals surface area contributed by atoms with E-state index in [9.17, 15) is 9.59 Å². The van der Waals surface area contributed by atoms with Crippen molar-refractivity contribution in [3.05, 3.63) is 0 Å². The van der Waals surface area contributed by atoms with Gasteiger partial charge in [-0.15, -0.1) is 0 Å². The van der Waals surface area contributed by atoms with E-state index in [-0.39, 0.29) is 11.9 Å². The van der Waals surface area contributed by atoms with Crippen LogP contribution in [0.2, 0.25) is 0 Å². The molecule has 132 valence electrons. The average molecular weight is 328 g/mol. The molecule has 2 fully saturated rings. The van der Waals surface area contributed by atoms with E-state index in [1.165, 1.54) is 9.96 Å². The van der Waals surface area contributed by atoms with E-state index in [0.717, 1.165) is 25.8 Å². The predicted molar refractivity (Wildman–Crippen MR) is 84.2 cm³/mol. The van der Waals surface area contributed by atoms with Crippen molar-refractivity contribution in [2.75, 3.05) is 32.8 Å². The van der Waals surface area contributed by atoms with Crippen LogP contribution in [0, 0.1) is 0 Å². The highest BCUT2D eigenvalue weighted by Crippen LogP contribution is 2.17. The molecule has 2 heterocycles. The first-order chi connectivity index (χ1) is 11.2. The predicted octanol–water partition coefficient (Wildman–Crippen LogP) is 0.644. The second-order valence-corrected chi connectivity index (χ2v) is 5.88. The maximum absolute atomic E-state index is 12.4. The van der Waals surface area contributed by atoms with Crippen molar-refractivity contribution in [3.63, 3.8) is 0 Å². The van der Waals surface area contributed by atoms with Gasteiger partial charge < -0.3 is 10.2 Å². The third kappa shape index (κ3) is 4.79. The van der Waals surface area contributed by atoms with E-state index < -0.39 is 6.04 Å². The van der Waals surface area contributed by atoms with Crippen molar-refractivity contribution in [1.29, 1.82) is 0 Å². The second kappa shape index (κ2) is 9.05. The summed E-state index contributed by atoms with van der Waals surface area (Å²) in [7, 11) is 0. The van der Waals surface area contributed by atoms with Gasteiger partial charge in [0.25, 0.3) is 5.91 Å². The van der Waals surface area contributed by atoms with E-state index in [2.05, 4.69) is 17.7 Å². The van der Waals surface area contributed by atoms with Crippen LogP contribution in [0.25, 0.3) is 0 Å². The lowest BCUT2D eigenvalue weighted by atomic mass is 10.1. The second-order valence-electron chi connectivity index (χ2n) is 5.88. The van der Waals surface area contributed by atoms with Crippen molar-refractivity contribution in [2.24, 2.45) is 0 Å². The monoisotopic (exact) mass is 328 g/mol. The number of hydroxylamine groups is 3. The van der Waals surface area contributed by atoms with Gasteiger partial charge in [-0.3, -0.25) is 14.5 Å². The molecule has 2 N–H and O–H groups in total. The van der Waals surface area contributed by atoms with Crippen LogP contribution in [0.5, 0.6) is 0 Å². The van der Waals surface area contributed by atoms with E-state index in [0.29, 0.717) is 38.8 Å². The maximum atomic E-state index is 12.4.